The lowest BCUT2D eigenvalue weighted by atomic mass is 10.1. The summed E-state index contributed by atoms with van der Waals surface area (Å²) in [7, 11) is 1.50. The molecule has 1 heterocycles. The van der Waals surface area contributed by atoms with Crippen molar-refractivity contribution in [2.24, 2.45) is 0 Å². The average molecular weight is 286 g/mol. The van der Waals surface area contributed by atoms with Gasteiger partial charge in [0.05, 0.1) is 0 Å². The number of nitrogens with one attached hydrogen (secondary N) is 1. The third kappa shape index (κ3) is 2.50. The van der Waals surface area contributed by atoms with Gasteiger partial charge >= 0.3 is 0 Å². The third-order valence-electron chi connectivity index (χ3n) is 3.09. The number of hydrogen-bond donors (Lipinski definition) is 1. The van der Waals surface area contributed by atoms with Crippen LogP contribution in [0.4, 0.5) is 14.6 Å². The third-order valence-corrected chi connectivity index (χ3v) is 3.09. The molecule has 5 heteroatoms. The molecule has 0 atom stereocenters. The molecule has 0 bridgehead atoms. The highest BCUT2D eigenvalue weighted by atomic mass is 19.1. The fourth-order valence-corrected chi connectivity index (χ4v) is 2.09. The molecule has 0 unspecified atom stereocenters. The summed E-state index contributed by atoms with van der Waals surface area (Å²) in [6, 6.07) is 13.8. The lowest BCUT2D eigenvalue weighted by Crippen LogP contribution is -2.01. The van der Waals surface area contributed by atoms with Gasteiger partial charge in [-0.25, -0.2) is 8.78 Å². The fraction of sp³-hybridized carbons (Fsp3) is 0.0625. The van der Waals surface area contributed by atoms with Gasteiger partial charge in [0.15, 0.2) is 17.5 Å². The Labute approximate surface area is 120 Å². The van der Waals surface area contributed by atoms with Gasteiger partial charge in [0.2, 0.25) is 0 Å². The van der Waals surface area contributed by atoms with Crippen LogP contribution in [0.15, 0.2) is 48.5 Å². The van der Waals surface area contributed by atoms with E-state index in [1.54, 1.807) is 12.1 Å². The number of anilines is 1. The monoisotopic (exact) mass is 286 g/mol. The zero-order chi connectivity index (χ0) is 14.8. The predicted molar refractivity (Wildman–Crippen MR) is 77.7 cm³/mol. The summed E-state index contributed by atoms with van der Waals surface area (Å²) in [6.45, 7) is 0. The molecule has 3 nitrogen and oxygen atoms in total. The van der Waals surface area contributed by atoms with Crippen molar-refractivity contribution in [2.45, 2.75) is 0 Å². The Morgan fingerprint density at radius 1 is 1.00 bits per heavy atom. The van der Waals surface area contributed by atoms with E-state index in [1.807, 2.05) is 30.3 Å². The number of ether oxygens (including phenoxy) is 1. The molecule has 0 aliphatic rings. The second-order valence-corrected chi connectivity index (χ2v) is 4.44. The highest BCUT2D eigenvalue weighted by Crippen LogP contribution is 2.31. The Morgan fingerprint density at radius 2 is 1.76 bits per heavy atom. The standard InChI is InChI=1S/C16H12F2N2O/c1-19-15-12(17)9-13(18)16(20-15)21-14-8-4-6-10-5-2-3-7-11(10)14/h2-9H,1H3,(H,19,20). The van der Waals surface area contributed by atoms with Gasteiger partial charge in [-0.2, -0.15) is 4.98 Å². The maximum atomic E-state index is 13.8. The minimum atomic E-state index is -0.848. The lowest BCUT2D eigenvalue weighted by molar-refractivity contribution is 0.422. The minimum Gasteiger partial charge on any atom is -0.436 e. The molecule has 21 heavy (non-hydrogen) atoms. The first-order valence-corrected chi connectivity index (χ1v) is 6.38. The summed E-state index contributed by atoms with van der Waals surface area (Å²) in [5, 5.41) is 4.35. The van der Waals surface area contributed by atoms with Crippen LogP contribution in [0.25, 0.3) is 10.8 Å². The van der Waals surface area contributed by atoms with Gasteiger partial charge < -0.3 is 10.1 Å². The molecule has 0 aliphatic carbocycles. The quantitative estimate of drug-likeness (QED) is 0.777. The van der Waals surface area contributed by atoms with Crippen LogP contribution < -0.4 is 10.1 Å². The van der Waals surface area contributed by atoms with Crippen molar-refractivity contribution < 1.29 is 13.5 Å². The zero-order valence-electron chi connectivity index (χ0n) is 11.2. The van der Waals surface area contributed by atoms with E-state index < -0.39 is 11.6 Å². The summed E-state index contributed by atoms with van der Waals surface area (Å²) in [5.74, 6) is -1.48. The molecule has 0 radical (unpaired) electrons. The maximum Gasteiger partial charge on any atom is 0.258 e. The summed E-state index contributed by atoms with van der Waals surface area (Å²) >= 11 is 0. The van der Waals surface area contributed by atoms with Crippen LogP contribution in [0.3, 0.4) is 0 Å². The molecule has 0 spiro atoms. The molecule has 2 aromatic carbocycles. The van der Waals surface area contributed by atoms with Gasteiger partial charge in [0.25, 0.3) is 5.88 Å². The molecule has 3 aromatic rings. The van der Waals surface area contributed by atoms with Gasteiger partial charge in [-0.1, -0.05) is 36.4 Å². The molecule has 106 valence electrons. The van der Waals surface area contributed by atoms with E-state index in [1.165, 1.54) is 7.05 Å². The number of halogens is 2. The summed E-state index contributed by atoms with van der Waals surface area (Å²) in [5.41, 5.74) is 0. The number of benzene rings is 2. The van der Waals surface area contributed by atoms with Crippen molar-refractivity contribution in [3.8, 4) is 11.6 Å². The van der Waals surface area contributed by atoms with Gasteiger partial charge in [-0.05, 0) is 11.5 Å². The number of aromatic nitrogens is 1. The summed E-state index contributed by atoms with van der Waals surface area (Å²) in [4.78, 5) is 3.81. The number of hydrogen-bond acceptors (Lipinski definition) is 3. The largest absolute Gasteiger partial charge is 0.436 e. The van der Waals surface area contributed by atoms with Crippen LogP contribution in [0.2, 0.25) is 0 Å². The second-order valence-electron chi connectivity index (χ2n) is 4.44. The molecule has 0 amide bonds. The number of pyridine rings is 1. The van der Waals surface area contributed by atoms with E-state index in [0.717, 1.165) is 16.8 Å². The average Bonchev–Trinajstić information content (AvgIpc) is 2.50. The zero-order valence-corrected chi connectivity index (χ0v) is 11.2. The number of nitrogens with zero attached hydrogens (tertiary/aromatic N) is 1. The Bertz CT molecular complexity index is 800. The molecule has 0 saturated heterocycles. The van der Waals surface area contributed by atoms with Crippen molar-refractivity contribution >= 4 is 16.6 Å². The molecule has 0 aliphatic heterocycles. The van der Waals surface area contributed by atoms with Crippen LogP contribution in [0.1, 0.15) is 0 Å². The fourth-order valence-electron chi connectivity index (χ4n) is 2.09. The molecular weight excluding hydrogens is 274 g/mol. The number of fused-ring (bicyclic) bond motifs is 1. The Hall–Kier alpha value is -2.69. The maximum absolute atomic E-state index is 13.8. The van der Waals surface area contributed by atoms with Gasteiger partial charge in [0.1, 0.15) is 5.75 Å². The molecule has 1 N–H and O–H groups in total. The van der Waals surface area contributed by atoms with Crippen molar-refractivity contribution in [3.05, 3.63) is 60.2 Å². The Balaban J connectivity index is 2.07. The van der Waals surface area contributed by atoms with Gasteiger partial charge in [-0.3, -0.25) is 0 Å². The Morgan fingerprint density at radius 3 is 2.57 bits per heavy atom. The van der Waals surface area contributed by atoms with Gasteiger partial charge in [0, 0.05) is 18.5 Å². The molecule has 0 saturated carbocycles. The molecular formula is C16H12F2N2O. The normalized spacial score (nSPS) is 10.6. The first kappa shape index (κ1) is 13.3. The first-order chi connectivity index (χ1) is 10.2. The molecule has 1 aromatic heterocycles. The molecule has 0 fully saturated rings. The number of rotatable bonds is 3. The van der Waals surface area contributed by atoms with Crippen LogP contribution in [0, 0.1) is 11.6 Å². The minimum absolute atomic E-state index is 0.0633. The van der Waals surface area contributed by atoms with Crippen LogP contribution in [0.5, 0.6) is 11.6 Å². The van der Waals surface area contributed by atoms with E-state index in [9.17, 15) is 8.78 Å². The van der Waals surface area contributed by atoms with E-state index in [-0.39, 0.29) is 11.7 Å². The predicted octanol–water partition coefficient (Wildman–Crippen LogP) is 4.35. The topological polar surface area (TPSA) is 34.2 Å². The van der Waals surface area contributed by atoms with E-state index in [2.05, 4.69) is 10.3 Å². The van der Waals surface area contributed by atoms with E-state index in [4.69, 9.17) is 4.74 Å². The SMILES string of the molecule is CNc1nc(Oc2cccc3ccccc23)c(F)cc1F. The second kappa shape index (κ2) is 5.36. The Kier molecular flexibility index (Phi) is 3.39. The first-order valence-electron chi connectivity index (χ1n) is 6.38. The van der Waals surface area contributed by atoms with Crippen LogP contribution in [-0.2, 0) is 0 Å². The van der Waals surface area contributed by atoms with Crippen molar-refractivity contribution in [2.75, 3.05) is 12.4 Å². The van der Waals surface area contributed by atoms with Crippen molar-refractivity contribution in [1.29, 1.82) is 0 Å². The van der Waals surface area contributed by atoms with Gasteiger partial charge in [-0.15, -0.1) is 0 Å². The van der Waals surface area contributed by atoms with Crippen LogP contribution in [-0.4, -0.2) is 12.0 Å². The smallest absolute Gasteiger partial charge is 0.258 e. The highest BCUT2D eigenvalue weighted by molar-refractivity contribution is 5.88. The van der Waals surface area contributed by atoms with Crippen molar-refractivity contribution in [3.63, 3.8) is 0 Å². The summed E-state index contributed by atoms with van der Waals surface area (Å²) < 4.78 is 32.7. The van der Waals surface area contributed by atoms with Crippen LogP contribution >= 0.6 is 0 Å². The van der Waals surface area contributed by atoms with Crippen molar-refractivity contribution in [1.82, 2.24) is 4.98 Å². The van der Waals surface area contributed by atoms with E-state index >= 15 is 0 Å². The lowest BCUT2D eigenvalue weighted by Gasteiger charge is -2.10. The highest BCUT2D eigenvalue weighted by Gasteiger charge is 2.14. The summed E-state index contributed by atoms with van der Waals surface area (Å²) in [6.07, 6.45) is 0. The molecule has 3 rings (SSSR count). The van der Waals surface area contributed by atoms with E-state index in [0.29, 0.717) is 5.75 Å².